The molecular formula is C15H17BrN2OS. The maximum absolute atomic E-state index is 12.6. The molecule has 0 bridgehead atoms. The molecule has 0 radical (unpaired) electrons. The second-order valence-corrected chi connectivity index (χ2v) is 7.45. The molecule has 0 spiro atoms. The third kappa shape index (κ3) is 2.33. The van der Waals surface area contributed by atoms with Crippen molar-refractivity contribution in [2.24, 2.45) is 5.92 Å². The van der Waals surface area contributed by atoms with Gasteiger partial charge >= 0.3 is 0 Å². The second kappa shape index (κ2) is 5.04. The molecule has 20 heavy (non-hydrogen) atoms. The SMILES string of the molecule is CC(C1CC1)N(C)C(=O)c1sc2cc(Br)ccc2c1N. The quantitative estimate of drug-likeness (QED) is 0.902. The zero-order valence-corrected chi connectivity index (χ0v) is 13.9. The lowest BCUT2D eigenvalue weighted by molar-refractivity contribution is 0.0733. The molecule has 2 aromatic rings. The number of hydrogen-bond acceptors (Lipinski definition) is 3. The number of thiophene rings is 1. The Kier molecular flexibility index (Phi) is 3.50. The number of nitrogens with zero attached hydrogens (tertiary/aromatic N) is 1. The van der Waals surface area contributed by atoms with E-state index in [1.54, 1.807) is 0 Å². The molecule has 5 heteroatoms. The fourth-order valence-corrected chi connectivity index (χ4v) is 4.15. The fraction of sp³-hybridized carbons (Fsp3) is 0.400. The highest BCUT2D eigenvalue weighted by Gasteiger charge is 2.33. The summed E-state index contributed by atoms with van der Waals surface area (Å²) in [6.07, 6.45) is 2.46. The van der Waals surface area contributed by atoms with Gasteiger partial charge in [-0.15, -0.1) is 11.3 Å². The number of rotatable bonds is 3. The van der Waals surface area contributed by atoms with Crippen LogP contribution in [-0.2, 0) is 0 Å². The van der Waals surface area contributed by atoms with Crippen molar-refractivity contribution in [1.29, 1.82) is 0 Å². The summed E-state index contributed by atoms with van der Waals surface area (Å²) >= 11 is 4.93. The number of hydrogen-bond donors (Lipinski definition) is 1. The molecule has 1 saturated carbocycles. The van der Waals surface area contributed by atoms with Gasteiger partial charge in [-0.25, -0.2) is 0 Å². The van der Waals surface area contributed by atoms with E-state index in [2.05, 4.69) is 22.9 Å². The number of halogens is 1. The Bertz CT molecular complexity index is 678. The van der Waals surface area contributed by atoms with E-state index in [1.807, 2.05) is 30.1 Å². The Labute approximate surface area is 130 Å². The van der Waals surface area contributed by atoms with Gasteiger partial charge in [0.05, 0.1) is 5.69 Å². The third-order valence-corrected chi connectivity index (χ3v) is 5.77. The molecule has 3 nitrogen and oxygen atoms in total. The van der Waals surface area contributed by atoms with Crippen LogP contribution in [-0.4, -0.2) is 23.9 Å². The van der Waals surface area contributed by atoms with E-state index in [9.17, 15) is 4.79 Å². The minimum atomic E-state index is 0.0409. The zero-order valence-electron chi connectivity index (χ0n) is 11.5. The highest BCUT2D eigenvalue weighted by Crippen LogP contribution is 2.38. The first-order valence-corrected chi connectivity index (χ1v) is 8.34. The topological polar surface area (TPSA) is 46.3 Å². The molecule has 0 saturated heterocycles. The van der Waals surface area contributed by atoms with Crippen LogP contribution in [0.15, 0.2) is 22.7 Å². The first-order valence-electron chi connectivity index (χ1n) is 6.73. The molecule has 106 valence electrons. The van der Waals surface area contributed by atoms with Gasteiger partial charge in [0.15, 0.2) is 0 Å². The van der Waals surface area contributed by atoms with Crippen molar-refractivity contribution >= 4 is 48.9 Å². The van der Waals surface area contributed by atoms with Gasteiger partial charge in [0.1, 0.15) is 4.88 Å². The Hall–Kier alpha value is -1.07. The van der Waals surface area contributed by atoms with Gasteiger partial charge in [-0.1, -0.05) is 22.0 Å². The summed E-state index contributed by atoms with van der Waals surface area (Å²) in [6.45, 7) is 2.12. The average Bonchev–Trinajstić information content (AvgIpc) is 3.22. The lowest BCUT2D eigenvalue weighted by Gasteiger charge is -2.24. The van der Waals surface area contributed by atoms with Crippen molar-refractivity contribution in [2.45, 2.75) is 25.8 Å². The maximum Gasteiger partial charge on any atom is 0.266 e. The molecular weight excluding hydrogens is 336 g/mol. The van der Waals surface area contributed by atoms with Crippen molar-refractivity contribution in [3.05, 3.63) is 27.5 Å². The van der Waals surface area contributed by atoms with Crippen LogP contribution in [0.3, 0.4) is 0 Å². The molecule has 0 aliphatic heterocycles. The minimum Gasteiger partial charge on any atom is -0.397 e. The number of carbonyl (C=O) groups is 1. The molecule has 1 unspecified atom stereocenters. The third-order valence-electron chi connectivity index (χ3n) is 4.12. The summed E-state index contributed by atoms with van der Waals surface area (Å²) in [5.74, 6) is 0.702. The van der Waals surface area contributed by atoms with Crippen LogP contribution < -0.4 is 5.73 Å². The van der Waals surface area contributed by atoms with E-state index in [1.165, 1.54) is 24.2 Å². The van der Waals surface area contributed by atoms with E-state index < -0.39 is 0 Å². The number of nitrogen functional groups attached to an aromatic ring is 1. The Balaban J connectivity index is 1.96. The molecule has 1 atom stereocenters. The number of nitrogens with two attached hydrogens (primary N) is 1. The second-order valence-electron chi connectivity index (χ2n) is 5.48. The van der Waals surface area contributed by atoms with Crippen molar-refractivity contribution < 1.29 is 4.79 Å². The van der Waals surface area contributed by atoms with Crippen molar-refractivity contribution in [3.8, 4) is 0 Å². The molecule has 1 amide bonds. The summed E-state index contributed by atoms with van der Waals surface area (Å²) < 4.78 is 2.05. The Morgan fingerprint density at radius 2 is 2.20 bits per heavy atom. The molecule has 1 aliphatic rings. The van der Waals surface area contributed by atoms with E-state index >= 15 is 0 Å². The molecule has 1 fully saturated rings. The van der Waals surface area contributed by atoms with Crippen LogP contribution in [0.2, 0.25) is 0 Å². The van der Waals surface area contributed by atoms with Crippen LogP contribution in [0, 0.1) is 5.92 Å². The number of fused-ring (bicyclic) bond motifs is 1. The zero-order chi connectivity index (χ0) is 14.4. The van der Waals surface area contributed by atoms with Gasteiger partial charge in [0.2, 0.25) is 0 Å². The summed E-state index contributed by atoms with van der Waals surface area (Å²) in [5, 5.41) is 0.967. The van der Waals surface area contributed by atoms with Crippen molar-refractivity contribution in [2.75, 3.05) is 12.8 Å². The Morgan fingerprint density at radius 3 is 2.85 bits per heavy atom. The number of carbonyl (C=O) groups excluding carboxylic acids is 1. The minimum absolute atomic E-state index is 0.0409. The van der Waals surface area contributed by atoms with Crippen LogP contribution >= 0.6 is 27.3 Å². The van der Waals surface area contributed by atoms with Crippen molar-refractivity contribution in [3.63, 3.8) is 0 Å². The molecule has 3 rings (SSSR count). The van der Waals surface area contributed by atoms with E-state index in [0.29, 0.717) is 22.5 Å². The fourth-order valence-electron chi connectivity index (χ4n) is 2.49. The first-order chi connectivity index (χ1) is 9.49. The van der Waals surface area contributed by atoms with E-state index in [0.717, 1.165) is 14.6 Å². The van der Waals surface area contributed by atoms with Gasteiger partial charge in [-0.05, 0) is 37.8 Å². The monoisotopic (exact) mass is 352 g/mol. The van der Waals surface area contributed by atoms with Crippen molar-refractivity contribution in [1.82, 2.24) is 4.90 Å². The van der Waals surface area contributed by atoms with Crippen LogP contribution in [0.5, 0.6) is 0 Å². The predicted molar refractivity (Wildman–Crippen MR) is 88.2 cm³/mol. The largest absolute Gasteiger partial charge is 0.397 e. The smallest absolute Gasteiger partial charge is 0.266 e. The summed E-state index contributed by atoms with van der Waals surface area (Å²) in [5.41, 5.74) is 6.78. The number of benzene rings is 1. The Morgan fingerprint density at radius 1 is 1.50 bits per heavy atom. The van der Waals surface area contributed by atoms with Gasteiger partial charge < -0.3 is 10.6 Å². The van der Waals surface area contributed by atoms with Crippen LogP contribution in [0.4, 0.5) is 5.69 Å². The molecule has 1 aromatic heterocycles. The highest BCUT2D eigenvalue weighted by atomic mass is 79.9. The normalized spacial score (nSPS) is 16.4. The summed E-state index contributed by atoms with van der Waals surface area (Å²) in [7, 11) is 1.88. The van der Waals surface area contributed by atoms with Gasteiger partial charge in [0.25, 0.3) is 5.91 Å². The van der Waals surface area contributed by atoms with Gasteiger partial charge in [-0.3, -0.25) is 4.79 Å². The summed E-state index contributed by atoms with van der Waals surface area (Å²) in [6, 6.07) is 6.22. The maximum atomic E-state index is 12.6. The van der Waals surface area contributed by atoms with E-state index in [-0.39, 0.29) is 5.91 Å². The standard InChI is InChI=1S/C15H17BrN2OS/c1-8(9-3-4-9)18(2)15(19)14-13(17)11-6-5-10(16)7-12(11)20-14/h5-9H,3-4,17H2,1-2H3. The number of amides is 1. The van der Waals surface area contributed by atoms with Crippen LogP contribution in [0.25, 0.3) is 10.1 Å². The number of anilines is 1. The first kappa shape index (κ1) is 13.9. The molecule has 1 aliphatic carbocycles. The molecule has 1 heterocycles. The molecule has 2 N–H and O–H groups in total. The summed E-state index contributed by atoms with van der Waals surface area (Å²) in [4.78, 5) is 15.1. The lowest BCUT2D eigenvalue weighted by atomic mass is 10.1. The highest BCUT2D eigenvalue weighted by molar-refractivity contribution is 9.10. The van der Waals surface area contributed by atoms with E-state index in [4.69, 9.17) is 5.73 Å². The van der Waals surface area contributed by atoms with Gasteiger partial charge in [-0.2, -0.15) is 0 Å². The van der Waals surface area contributed by atoms with Gasteiger partial charge in [0, 0.05) is 27.6 Å². The lowest BCUT2D eigenvalue weighted by Crippen LogP contribution is -2.36. The average molecular weight is 353 g/mol. The van der Waals surface area contributed by atoms with Crippen LogP contribution in [0.1, 0.15) is 29.4 Å². The predicted octanol–water partition coefficient (Wildman–Crippen LogP) is 4.12. The molecule has 1 aromatic carbocycles.